The zero-order valence-electron chi connectivity index (χ0n) is 17.7. The molecule has 0 saturated heterocycles. The predicted octanol–water partition coefficient (Wildman–Crippen LogP) is 2.72. The number of hydrogen-bond acceptors (Lipinski definition) is 7. The second-order valence-corrected chi connectivity index (χ2v) is 9.10. The largest absolute Gasteiger partial charge is 0.485 e. The average Bonchev–Trinajstić information content (AvgIpc) is 3.16. The Labute approximate surface area is 185 Å². The Morgan fingerprint density at radius 1 is 1.19 bits per heavy atom. The third-order valence-corrected chi connectivity index (χ3v) is 5.75. The number of nitrogens with two attached hydrogens (primary N) is 2. The number of nitrogens with one attached hydrogen (secondary N) is 1. The molecule has 0 aliphatic carbocycles. The first-order chi connectivity index (χ1) is 15.1. The van der Waals surface area contributed by atoms with Gasteiger partial charge >= 0.3 is 0 Å². The number of hydrogen-bond donors (Lipinski definition) is 3. The van der Waals surface area contributed by atoms with Crippen LogP contribution in [0.25, 0.3) is 10.9 Å². The lowest BCUT2D eigenvalue weighted by Crippen LogP contribution is -2.16. The highest BCUT2D eigenvalue weighted by Crippen LogP contribution is 2.34. The van der Waals surface area contributed by atoms with Gasteiger partial charge in [-0.15, -0.1) is 0 Å². The number of likely N-dealkylation sites (N-methyl/N-ethyl adjacent to an activating group) is 1. The molecule has 0 bridgehead atoms. The van der Waals surface area contributed by atoms with Crippen molar-refractivity contribution in [1.29, 1.82) is 0 Å². The number of rotatable bonds is 9. The van der Waals surface area contributed by atoms with Gasteiger partial charge in [0, 0.05) is 42.9 Å². The minimum Gasteiger partial charge on any atom is -0.485 e. The lowest BCUT2D eigenvalue weighted by Gasteiger charge is -2.18. The van der Waals surface area contributed by atoms with Gasteiger partial charge in [-0.05, 0) is 36.4 Å². The van der Waals surface area contributed by atoms with E-state index in [4.69, 9.17) is 20.9 Å². The van der Waals surface area contributed by atoms with Gasteiger partial charge in [-0.2, -0.15) is 0 Å². The van der Waals surface area contributed by atoms with Gasteiger partial charge in [0.15, 0.2) is 9.84 Å². The molecule has 5 N–H and O–H groups in total. The summed E-state index contributed by atoms with van der Waals surface area (Å²) in [6, 6.07) is 11.0. The van der Waals surface area contributed by atoms with E-state index >= 15 is 0 Å². The number of carbonyl (C=O) groups is 1. The highest BCUT2D eigenvalue weighted by Gasteiger charge is 2.14. The Kier molecular flexibility index (Phi) is 6.45. The Morgan fingerprint density at radius 2 is 1.88 bits per heavy atom. The Morgan fingerprint density at radius 3 is 2.47 bits per heavy atom. The highest BCUT2D eigenvalue weighted by atomic mass is 32.2. The summed E-state index contributed by atoms with van der Waals surface area (Å²) < 4.78 is 35.1. The fourth-order valence-corrected chi connectivity index (χ4v) is 3.51. The van der Waals surface area contributed by atoms with Crippen LogP contribution in [-0.2, 0) is 9.84 Å². The Balaban J connectivity index is 1.93. The number of amides is 1. The molecule has 0 atom stereocenters. The summed E-state index contributed by atoms with van der Waals surface area (Å²) >= 11 is 0. The van der Waals surface area contributed by atoms with Crippen molar-refractivity contribution >= 4 is 26.6 Å². The molecule has 0 aliphatic rings. The zero-order valence-corrected chi connectivity index (χ0v) is 18.5. The second kappa shape index (κ2) is 9.06. The van der Waals surface area contributed by atoms with Gasteiger partial charge in [-0.3, -0.25) is 4.79 Å². The van der Waals surface area contributed by atoms with E-state index in [1.54, 1.807) is 48.5 Å². The lowest BCUT2D eigenvalue weighted by molar-refractivity contribution is 0.0996. The summed E-state index contributed by atoms with van der Waals surface area (Å²) in [6.45, 7) is 4.10. The van der Waals surface area contributed by atoms with E-state index in [-0.39, 0.29) is 17.2 Å². The maximum Gasteiger partial charge on any atom is 0.265 e. The normalized spacial score (nSPS) is 11.6. The van der Waals surface area contributed by atoms with E-state index in [0.29, 0.717) is 33.8 Å². The standard InChI is InChI=1S/C22H24N4O5S/c1-14(26(2)9-8-23)13-30-20-12-17(10-15-11-19(22(24)27)25-21(15)20)31-16-4-6-18(7-5-16)32(3,28)29/h4-12,25H,1,13,23H2,2-3H3,(H2,24,27)/b9-8-. The van der Waals surface area contributed by atoms with Crippen molar-refractivity contribution in [3.8, 4) is 17.2 Å². The molecule has 0 saturated carbocycles. The molecule has 32 heavy (non-hydrogen) atoms. The molecule has 10 heteroatoms. The van der Waals surface area contributed by atoms with Crippen LogP contribution in [0.1, 0.15) is 10.5 Å². The number of nitrogens with zero attached hydrogens (tertiary/aromatic N) is 1. The van der Waals surface area contributed by atoms with Crippen LogP contribution in [0.2, 0.25) is 0 Å². The summed E-state index contributed by atoms with van der Waals surface area (Å²) in [7, 11) is -1.53. The molecule has 9 nitrogen and oxygen atoms in total. The summed E-state index contributed by atoms with van der Waals surface area (Å²) in [6.07, 6.45) is 4.16. The summed E-state index contributed by atoms with van der Waals surface area (Å²) in [5.74, 6) is 0.674. The van der Waals surface area contributed by atoms with Crippen molar-refractivity contribution in [2.24, 2.45) is 11.5 Å². The number of H-pyrrole nitrogens is 1. The molecular formula is C22H24N4O5S. The van der Waals surface area contributed by atoms with Crippen molar-refractivity contribution in [1.82, 2.24) is 9.88 Å². The monoisotopic (exact) mass is 456 g/mol. The van der Waals surface area contributed by atoms with Crippen molar-refractivity contribution < 1.29 is 22.7 Å². The van der Waals surface area contributed by atoms with Gasteiger partial charge in [-0.25, -0.2) is 8.42 Å². The number of primary amides is 1. The van der Waals surface area contributed by atoms with E-state index in [1.165, 1.54) is 18.3 Å². The number of ether oxygens (including phenoxy) is 2. The number of fused-ring (bicyclic) bond motifs is 1. The molecule has 2 aromatic carbocycles. The van der Waals surface area contributed by atoms with Crippen LogP contribution in [0, 0.1) is 0 Å². The molecule has 3 rings (SSSR count). The number of aromatic amines is 1. The molecule has 1 heterocycles. The maximum absolute atomic E-state index is 11.6. The molecule has 1 aromatic heterocycles. The second-order valence-electron chi connectivity index (χ2n) is 7.09. The third kappa shape index (κ3) is 5.22. The van der Waals surface area contributed by atoms with Crippen molar-refractivity contribution in [2.75, 3.05) is 19.9 Å². The summed E-state index contributed by atoms with van der Waals surface area (Å²) in [5.41, 5.74) is 12.2. The smallest absolute Gasteiger partial charge is 0.265 e. The molecule has 0 fully saturated rings. The van der Waals surface area contributed by atoms with E-state index in [1.807, 2.05) is 0 Å². The third-order valence-electron chi connectivity index (χ3n) is 4.62. The van der Waals surface area contributed by atoms with Gasteiger partial charge < -0.3 is 30.8 Å². The van der Waals surface area contributed by atoms with Crippen molar-refractivity contribution in [3.05, 3.63) is 72.8 Å². The summed E-state index contributed by atoms with van der Waals surface area (Å²) in [5, 5.41) is 0.653. The van der Waals surface area contributed by atoms with E-state index in [0.717, 1.165) is 6.26 Å². The molecule has 1 amide bonds. The van der Waals surface area contributed by atoms with Crippen molar-refractivity contribution in [2.45, 2.75) is 4.90 Å². The molecule has 168 valence electrons. The SMILES string of the molecule is C=C(COc1cc(Oc2ccc(S(C)(=O)=O)cc2)cc2cc(C(N)=O)[nH]c12)N(C)/C=C\N. The Bertz CT molecular complexity index is 1290. The predicted molar refractivity (Wildman–Crippen MR) is 122 cm³/mol. The van der Waals surface area contributed by atoms with Crippen LogP contribution >= 0.6 is 0 Å². The number of aromatic nitrogens is 1. The first-order valence-corrected chi connectivity index (χ1v) is 11.3. The maximum atomic E-state index is 11.6. The molecule has 3 aromatic rings. The molecule has 0 spiro atoms. The van der Waals surface area contributed by atoms with Crippen LogP contribution in [0.4, 0.5) is 0 Å². The summed E-state index contributed by atoms with van der Waals surface area (Å²) in [4.78, 5) is 16.5. The molecule has 0 radical (unpaired) electrons. The highest BCUT2D eigenvalue weighted by molar-refractivity contribution is 7.90. The fraction of sp³-hybridized carbons (Fsp3) is 0.136. The number of sulfone groups is 1. The van der Waals surface area contributed by atoms with Crippen molar-refractivity contribution in [3.63, 3.8) is 0 Å². The van der Waals surface area contributed by atoms with Crippen LogP contribution in [0.3, 0.4) is 0 Å². The van der Waals surface area contributed by atoms with Crippen LogP contribution in [-0.4, -0.2) is 44.1 Å². The van der Waals surface area contributed by atoms with Crippen LogP contribution < -0.4 is 20.9 Å². The average molecular weight is 457 g/mol. The van der Waals surface area contributed by atoms with Gasteiger partial charge in [0.05, 0.1) is 10.4 Å². The van der Waals surface area contributed by atoms with E-state index in [2.05, 4.69) is 11.6 Å². The zero-order chi connectivity index (χ0) is 23.5. The van der Waals surface area contributed by atoms with Crippen LogP contribution in [0.15, 0.2) is 72.0 Å². The number of benzene rings is 2. The first kappa shape index (κ1) is 22.8. The van der Waals surface area contributed by atoms with Crippen LogP contribution in [0.5, 0.6) is 17.2 Å². The minimum absolute atomic E-state index is 0.146. The number of carbonyl (C=O) groups excluding carboxylic acids is 1. The van der Waals surface area contributed by atoms with Gasteiger partial charge in [0.25, 0.3) is 5.91 Å². The van der Waals surface area contributed by atoms with Gasteiger partial charge in [0.1, 0.15) is 29.5 Å². The quantitative estimate of drug-likeness (QED) is 0.449. The van der Waals surface area contributed by atoms with Gasteiger partial charge in [-0.1, -0.05) is 6.58 Å². The Hall–Kier alpha value is -3.92. The lowest BCUT2D eigenvalue weighted by atomic mass is 10.2. The van der Waals surface area contributed by atoms with E-state index in [9.17, 15) is 13.2 Å². The fourth-order valence-electron chi connectivity index (χ4n) is 2.88. The minimum atomic E-state index is -3.31. The topological polar surface area (TPSA) is 141 Å². The molecule has 0 aliphatic heterocycles. The molecular weight excluding hydrogens is 432 g/mol. The first-order valence-electron chi connectivity index (χ1n) is 9.45. The van der Waals surface area contributed by atoms with Gasteiger partial charge in [0.2, 0.25) is 0 Å². The molecule has 0 unspecified atom stereocenters. The van der Waals surface area contributed by atoms with E-state index < -0.39 is 15.7 Å².